The summed E-state index contributed by atoms with van der Waals surface area (Å²) in [6.45, 7) is 5.69. The van der Waals surface area contributed by atoms with Gasteiger partial charge in [-0.2, -0.15) is 0 Å². The molecule has 1 aliphatic heterocycles. The lowest BCUT2D eigenvalue weighted by molar-refractivity contribution is -0.117. The fourth-order valence-corrected chi connectivity index (χ4v) is 3.46. The van der Waals surface area contributed by atoms with Crippen LogP contribution in [0.3, 0.4) is 0 Å². The van der Waals surface area contributed by atoms with Crippen molar-refractivity contribution in [2.75, 3.05) is 31.8 Å². The molecule has 2 aromatic carbocycles. The van der Waals surface area contributed by atoms with Crippen molar-refractivity contribution in [2.24, 2.45) is 0 Å². The van der Waals surface area contributed by atoms with E-state index < -0.39 is 0 Å². The van der Waals surface area contributed by atoms with E-state index in [2.05, 4.69) is 10.6 Å². The van der Waals surface area contributed by atoms with Gasteiger partial charge in [0.25, 0.3) is 0 Å². The molecule has 1 fully saturated rings. The standard InChI is InChI=1S/C23H29N3O5/c1-4-30-19-9-7-18(8-10-19)26-15-17(13-22(26)27)25-23(28)24-14-16-6-11-20(29-3)21(12-16)31-5-2/h6-12,17H,4-5,13-15H2,1-3H3,(H2,24,25,28)/t17-/m1/s1. The van der Waals surface area contributed by atoms with E-state index in [0.29, 0.717) is 37.8 Å². The van der Waals surface area contributed by atoms with Crippen molar-refractivity contribution in [3.05, 3.63) is 48.0 Å². The first-order valence-corrected chi connectivity index (χ1v) is 10.4. The highest BCUT2D eigenvalue weighted by Crippen LogP contribution is 2.28. The zero-order valence-corrected chi connectivity index (χ0v) is 18.1. The second-order valence-corrected chi connectivity index (χ2v) is 7.08. The van der Waals surface area contributed by atoms with Gasteiger partial charge in [-0.3, -0.25) is 4.79 Å². The first-order chi connectivity index (χ1) is 15.0. The maximum absolute atomic E-state index is 12.4. The summed E-state index contributed by atoms with van der Waals surface area (Å²) >= 11 is 0. The van der Waals surface area contributed by atoms with Crippen molar-refractivity contribution < 1.29 is 23.8 Å². The molecule has 1 atom stereocenters. The number of carbonyl (C=O) groups is 2. The Balaban J connectivity index is 1.52. The fourth-order valence-electron chi connectivity index (χ4n) is 3.46. The minimum absolute atomic E-state index is 0.0222. The number of rotatable bonds is 9. The summed E-state index contributed by atoms with van der Waals surface area (Å²) in [5.74, 6) is 2.02. The van der Waals surface area contributed by atoms with Gasteiger partial charge in [-0.1, -0.05) is 6.07 Å². The van der Waals surface area contributed by atoms with Crippen molar-refractivity contribution in [3.8, 4) is 17.2 Å². The molecular formula is C23H29N3O5. The first kappa shape index (κ1) is 22.3. The summed E-state index contributed by atoms with van der Waals surface area (Å²) in [4.78, 5) is 26.4. The summed E-state index contributed by atoms with van der Waals surface area (Å²) in [7, 11) is 1.59. The Morgan fingerprint density at radius 1 is 1.06 bits per heavy atom. The topological polar surface area (TPSA) is 89.1 Å². The normalized spacial score (nSPS) is 15.5. The number of amides is 3. The van der Waals surface area contributed by atoms with Crippen molar-refractivity contribution in [3.63, 3.8) is 0 Å². The van der Waals surface area contributed by atoms with Crippen molar-refractivity contribution >= 4 is 17.6 Å². The van der Waals surface area contributed by atoms with Gasteiger partial charge in [-0.25, -0.2) is 4.79 Å². The number of ether oxygens (including phenoxy) is 3. The second kappa shape index (κ2) is 10.6. The number of benzene rings is 2. The molecule has 166 valence electrons. The molecular weight excluding hydrogens is 398 g/mol. The molecule has 2 aromatic rings. The molecule has 1 saturated heterocycles. The molecule has 0 saturated carbocycles. The number of methoxy groups -OCH3 is 1. The number of nitrogens with zero attached hydrogens (tertiary/aromatic N) is 1. The average molecular weight is 428 g/mol. The Morgan fingerprint density at radius 2 is 1.81 bits per heavy atom. The van der Waals surface area contributed by atoms with E-state index in [1.165, 1.54) is 0 Å². The van der Waals surface area contributed by atoms with Crippen LogP contribution in [0.25, 0.3) is 0 Å². The molecule has 0 bridgehead atoms. The van der Waals surface area contributed by atoms with Gasteiger partial charge in [-0.05, 0) is 55.8 Å². The Labute approximate surface area is 182 Å². The SMILES string of the molecule is CCOc1ccc(N2C[C@H](NC(=O)NCc3ccc(OC)c(OCC)c3)CC2=O)cc1. The number of hydrogen-bond acceptors (Lipinski definition) is 5. The molecule has 3 amide bonds. The van der Waals surface area contributed by atoms with Gasteiger partial charge in [0.05, 0.1) is 26.4 Å². The molecule has 0 unspecified atom stereocenters. The molecule has 1 heterocycles. The number of anilines is 1. The molecule has 31 heavy (non-hydrogen) atoms. The summed E-state index contributed by atoms with van der Waals surface area (Å²) in [6.07, 6.45) is 0.262. The van der Waals surface area contributed by atoms with Crippen LogP contribution in [-0.4, -0.2) is 44.8 Å². The number of hydrogen-bond donors (Lipinski definition) is 2. The first-order valence-electron chi connectivity index (χ1n) is 10.4. The van der Waals surface area contributed by atoms with Crippen LogP contribution in [-0.2, 0) is 11.3 Å². The van der Waals surface area contributed by atoms with Crippen molar-refractivity contribution in [2.45, 2.75) is 32.9 Å². The summed E-state index contributed by atoms with van der Waals surface area (Å²) in [5.41, 5.74) is 1.68. The number of nitrogens with one attached hydrogen (secondary N) is 2. The molecule has 1 aliphatic rings. The third-order valence-electron chi connectivity index (χ3n) is 4.90. The van der Waals surface area contributed by atoms with Crippen LogP contribution < -0.4 is 29.7 Å². The van der Waals surface area contributed by atoms with E-state index in [1.54, 1.807) is 12.0 Å². The lowest BCUT2D eigenvalue weighted by Crippen LogP contribution is -2.43. The highest BCUT2D eigenvalue weighted by atomic mass is 16.5. The zero-order chi connectivity index (χ0) is 22.2. The Kier molecular flexibility index (Phi) is 7.59. The Bertz CT molecular complexity index is 901. The fraction of sp³-hybridized carbons (Fsp3) is 0.391. The largest absolute Gasteiger partial charge is 0.494 e. The van der Waals surface area contributed by atoms with Crippen molar-refractivity contribution in [1.82, 2.24) is 10.6 Å². The van der Waals surface area contributed by atoms with Crippen LogP contribution in [0.1, 0.15) is 25.8 Å². The van der Waals surface area contributed by atoms with Crippen LogP contribution in [0, 0.1) is 0 Å². The van der Waals surface area contributed by atoms with Gasteiger partial charge in [0.2, 0.25) is 5.91 Å². The van der Waals surface area contributed by atoms with E-state index in [1.807, 2.05) is 56.3 Å². The van der Waals surface area contributed by atoms with Gasteiger partial charge >= 0.3 is 6.03 Å². The molecule has 2 N–H and O–H groups in total. The summed E-state index contributed by atoms with van der Waals surface area (Å²) in [6, 6.07) is 12.3. The second-order valence-electron chi connectivity index (χ2n) is 7.08. The molecule has 0 aromatic heterocycles. The van der Waals surface area contributed by atoms with Gasteiger partial charge < -0.3 is 29.7 Å². The highest BCUT2D eigenvalue weighted by Gasteiger charge is 2.31. The van der Waals surface area contributed by atoms with Gasteiger partial charge in [0.15, 0.2) is 11.5 Å². The smallest absolute Gasteiger partial charge is 0.315 e. The van der Waals surface area contributed by atoms with E-state index >= 15 is 0 Å². The van der Waals surface area contributed by atoms with E-state index in [0.717, 1.165) is 17.0 Å². The van der Waals surface area contributed by atoms with Gasteiger partial charge in [-0.15, -0.1) is 0 Å². The predicted molar refractivity (Wildman–Crippen MR) is 118 cm³/mol. The van der Waals surface area contributed by atoms with Crippen LogP contribution in [0.4, 0.5) is 10.5 Å². The maximum atomic E-state index is 12.4. The van der Waals surface area contributed by atoms with Crippen molar-refractivity contribution in [1.29, 1.82) is 0 Å². The molecule has 3 rings (SSSR count). The summed E-state index contributed by atoms with van der Waals surface area (Å²) < 4.78 is 16.3. The number of urea groups is 1. The maximum Gasteiger partial charge on any atom is 0.315 e. The van der Waals surface area contributed by atoms with E-state index in [-0.39, 0.29) is 24.4 Å². The molecule has 0 radical (unpaired) electrons. The van der Waals surface area contributed by atoms with E-state index in [4.69, 9.17) is 14.2 Å². The predicted octanol–water partition coefficient (Wildman–Crippen LogP) is 3.10. The lowest BCUT2D eigenvalue weighted by atomic mass is 10.2. The Hall–Kier alpha value is -3.42. The summed E-state index contributed by atoms with van der Waals surface area (Å²) in [5, 5.41) is 5.71. The van der Waals surface area contributed by atoms with Crippen LogP contribution in [0.2, 0.25) is 0 Å². The highest BCUT2D eigenvalue weighted by molar-refractivity contribution is 5.96. The molecule has 8 heteroatoms. The minimum atomic E-state index is -0.319. The molecule has 0 aliphatic carbocycles. The van der Waals surface area contributed by atoms with Gasteiger partial charge in [0.1, 0.15) is 5.75 Å². The molecule has 8 nitrogen and oxygen atoms in total. The third kappa shape index (κ3) is 5.81. The molecule has 0 spiro atoms. The lowest BCUT2D eigenvalue weighted by Gasteiger charge is -2.18. The quantitative estimate of drug-likeness (QED) is 0.642. The monoisotopic (exact) mass is 427 g/mol. The van der Waals surface area contributed by atoms with Crippen LogP contribution in [0.15, 0.2) is 42.5 Å². The minimum Gasteiger partial charge on any atom is -0.494 e. The zero-order valence-electron chi connectivity index (χ0n) is 18.1. The van der Waals surface area contributed by atoms with E-state index in [9.17, 15) is 9.59 Å². The van der Waals surface area contributed by atoms with Crippen LogP contribution >= 0.6 is 0 Å². The Morgan fingerprint density at radius 3 is 2.48 bits per heavy atom. The number of carbonyl (C=O) groups excluding carboxylic acids is 2. The van der Waals surface area contributed by atoms with Gasteiger partial charge in [0, 0.05) is 25.2 Å². The third-order valence-corrected chi connectivity index (χ3v) is 4.90. The average Bonchev–Trinajstić information content (AvgIpc) is 3.13. The van der Waals surface area contributed by atoms with Crippen LogP contribution in [0.5, 0.6) is 17.2 Å².